The zero-order valence-corrected chi connectivity index (χ0v) is 18.8. The van der Waals surface area contributed by atoms with Crippen LogP contribution in [0.5, 0.6) is 5.75 Å². The first-order chi connectivity index (χ1) is 15.6. The summed E-state index contributed by atoms with van der Waals surface area (Å²) in [7, 11) is 1.65. The van der Waals surface area contributed by atoms with Crippen molar-refractivity contribution >= 4 is 22.7 Å². The minimum atomic E-state index is -0.260. The maximum absolute atomic E-state index is 13.3. The number of nitrogens with one attached hydrogen (secondary N) is 1. The van der Waals surface area contributed by atoms with Crippen molar-refractivity contribution in [3.05, 3.63) is 45.9 Å². The highest BCUT2D eigenvalue weighted by atomic mass is 16.5. The van der Waals surface area contributed by atoms with E-state index in [2.05, 4.69) is 44.3 Å². The quantitative estimate of drug-likeness (QED) is 0.492. The Balaban J connectivity index is 1.63. The molecule has 0 radical (unpaired) electrons. The lowest BCUT2D eigenvalue weighted by molar-refractivity contribution is 0.330. The number of hydrogen-bond donors (Lipinski definition) is 2. The molecule has 0 amide bonds. The van der Waals surface area contributed by atoms with Gasteiger partial charge in [-0.05, 0) is 44.0 Å². The van der Waals surface area contributed by atoms with E-state index >= 15 is 0 Å². The fourth-order valence-corrected chi connectivity index (χ4v) is 4.11. The SMILES string of the molecule is CCCCNc1nc(N)nc2cnn(Cc3ccc(CN4CCCC4)cc3OC)c(=O)c12. The normalized spacial score (nSPS) is 14.2. The molecule has 0 atom stereocenters. The Kier molecular flexibility index (Phi) is 6.84. The molecule has 3 N–H and O–H groups in total. The number of benzene rings is 1. The summed E-state index contributed by atoms with van der Waals surface area (Å²) in [6, 6.07) is 6.17. The average molecular weight is 438 g/mol. The Labute approximate surface area is 187 Å². The largest absolute Gasteiger partial charge is 0.496 e. The van der Waals surface area contributed by atoms with Gasteiger partial charge in [0.05, 0.1) is 19.9 Å². The lowest BCUT2D eigenvalue weighted by Gasteiger charge is -2.17. The number of methoxy groups -OCH3 is 1. The molecule has 0 saturated carbocycles. The van der Waals surface area contributed by atoms with E-state index in [0.717, 1.165) is 43.8 Å². The summed E-state index contributed by atoms with van der Waals surface area (Å²) in [4.78, 5) is 24.2. The van der Waals surface area contributed by atoms with Gasteiger partial charge in [0.15, 0.2) is 0 Å². The van der Waals surface area contributed by atoms with Gasteiger partial charge in [-0.15, -0.1) is 0 Å². The van der Waals surface area contributed by atoms with Crippen LogP contribution < -0.4 is 21.3 Å². The Morgan fingerprint density at radius 2 is 2.00 bits per heavy atom. The number of ether oxygens (including phenoxy) is 1. The topological polar surface area (TPSA) is 111 Å². The van der Waals surface area contributed by atoms with E-state index in [1.165, 1.54) is 23.1 Å². The molecule has 0 spiro atoms. The van der Waals surface area contributed by atoms with E-state index in [9.17, 15) is 4.79 Å². The van der Waals surface area contributed by atoms with Crippen LogP contribution in [0.3, 0.4) is 0 Å². The molecule has 32 heavy (non-hydrogen) atoms. The van der Waals surface area contributed by atoms with Crippen LogP contribution in [0.2, 0.25) is 0 Å². The van der Waals surface area contributed by atoms with E-state index in [0.29, 0.717) is 29.8 Å². The second kappa shape index (κ2) is 9.95. The first-order valence-electron chi connectivity index (χ1n) is 11.2. The number of likely N-dealkylation sites (tertiary alicyclic amines) is 1. The van der Waals surface area contributed by atoms with Gasteiger partial charge >= 0.3 is 0 Å². The van der Waals surface area contributed by atoms with E-state index in [-0.39, 0.29) is 11.5 Å². The predicted octanol–water partition coefficient (Wildman–Crippen LogP) is 2.63. The highest BCUT2D eigenvalue weighted by molar-refractivity contribution is 5.88. The minimum absolute atomic E-state index is 0.116. The van der Waals surface area contributed by atoms with Crippen molar-refractivity contribution in [3.63, 3.8) is 0 Å². The van der Waals surface area contributed by atoms with Crippen molar-refractivity contribution in [3.8, 4) is 5.75 Å². The molecule has 9 heteroatoms. The summed E-state index contributed by atoms with van der Waals surface area (Å²) >= 11 is 0. The van der Waals surface area contributed by atoms with Crippen molar-refractivity contribution in [2.45, 2.75) is 45.7 Å². The van der Waals surface area contributed by atoms with Crippen molar-refractivity contribution < 1.29 is 4.74 Å². The number of fused-ring (bicyclic) bond motifs is 1. The molecule has 2 aromatic heterocycles. The highest BCUT2D eigenvalue weighted by Crippen LogP contribution is 2.23. The molecular formula is C23H31N7O2. The van der Waals surface area contributed by atoms with Gasteiger partial charge in [0.1, 0.15) is 22.5 Å². The molecule has 1 fully saturated rings. The Bertz CT molecular complexity index is 1140. The van der Waals surface area contributed by atoms with Crippen LogP contribution >= 0.6 is 0 Å². The summed E-state index contributed by atoms with van der Waals surface area (Å²) in [5.74, 6) is 1.33. The fourth-order valence-electron chi connectivity index (χ4n) is 4.11. The van der Waals surface area contributed by atoms with Gasteiger partial charge in [-0.3, -0.25) is 9.69 Å². The van der Waals surface area contributed by atoms with Crippen molar-refractivity contribution in [2.75, 3.05) is 37.8 Å². The maximum atomic E-state index is 13.3. The molecule has 1 saturated heterocycles. The third-order valence-corrected chi connectivity index (χ3v) is 5.82. The number of nitrogens with two attached hydrogens (primary N) is 1. The maximum Gasteiger partial charge on any atom is 0.280 e. The number of aromatic nitrogens is 4. The summed E-state index contributed by atoms with van der Waals surface area (Å²) in [5, 5.41) is 7.95. The molecular weight excluding hydrogens is 406 g/mol. The molecule has 1 aliphatic heterocycles. The lowest BCUT2D eigenvalue weighted by atomic mass is 10.1. The van der Waals surface area contributed by atoms with E-state index in [1.807, 2.05) is 6.07 Å². The highest BCUT2D eigenvalue weighted by Gasteiger charge is 2.16. The van der Waals surface area contributed by atoms with Crippen LogP contribution in [0.25, 0.3) is 10.9 Å². The van der Waals surface area contributed by atoms with Crippen molar-refractivity contribution in [2.24, 2.45) is 0 Å². The molecule has 170 valence electrons. The van der Waals surface area contributed by atoms with Crippen molar-refractivity contribution in [1.82, 2.24) is 24.6 Å². The van der Waals surface area contributed by atoms with Crippen LogP contribution in [0.4, 0.5) is 11.8 Å². The van der Waals surface area contributed by atoms with E-state index < -0.39 is 0 Å². The summed E-state index contributed by atoms with van der Waals surface area (Å²) in [6.45, 7) is 6.30. The number of rotatable bonds is 9. The number of nitrogens with zero attached hydrogens (tertiary/aromatic N) is 5. The second-order valence-electron chi connectivity index (χ2n) is 8.21. The zero-order chi connectivity index (χ0) is 22.5. The molecule has 1 aromatic carbocycles. The van der Waals surface area contributed by atoms with Gasteiger partial charge in [0.25, 0.3) is 5.56 Å². The van der Waals surface area contributed by atoms with E-state index in [4.69, 9.17) is 10.5 Å². The number of hydrogen-bond acceptors (Lipinski definition) is 8. The summed E-state index contributed by atoms with van der Waals surface area (Å²) < 4.78 is 7.06. The van der Waals surface area contributed by atoms with Gasteiger partial charge < -0.3 is 15.8 Å². The zero-order valence-electron chi connectivity index (χ0n) is 18.8. The third-order valence-electron chi connectivity index (χ3n) is 5.82. The lowest BCUT2D eigenvalue weighted by Crippen LogP contribution is -2.25. The van der Waals surface area contributed by atoms with Crippen LogP contribution in [0.15, 0.2) is 29.2 Å². The summed E-state index contributed by atoms with van der Waals surface area (Å²) in [5.41, 5.74) is 8.11. The van der Waals surface area contributed by atoms with Gasteiger partial charge in [-0.1, -0.05) is 25.5 Å². The molecule has 1 aliphatic rings. The summed E-state index contributed by atoms with van der Waals surface area (Å²) in [6.07, 6.45) is 6.08. The van der Waals surface area contributed by atoms with Crippen LogP contribution in [0.1, 0.15) is 43.7 Å². The molecule has 0 bridgehead atoms. The third kappa shape index (κ3) is 4.83. The smallest absolute Gasteiger partial charge is 0.280 e. The Hall–Kier alpha value is -3.20. The predicted molar refractivity (Wildman–Crippen MR) is 126 cm³/mol. The standard InChI is InChI=1S/C23H31N7O2/c1-3-4-9-25-21-20-18(27-23(24)28-21)13-26-30(22(20)31)15-17-8-7-16(12-19(17)32-2)14-29-10-5-6-11-29/h7-8,12-13H,3-6,9-11,14-15H2,1-2H3,(H3,24,25,27,28). The first-order valence-corrected chi connectivity index (χ1v) is 11.2. The molecule has 4 rings (SSSR count). The van der Waals surface area contributed by atoms with Gasteiger partial charge in [-0.25, -0.2) is 9.67 Å². The second-order valence-corrected chi connectivity index (χ2v) is 8.21. The average Bonchev–Trinajstić information content (AvgIpc) is 3.29. The van der Waals surface area contributed by atoms with Gasteiger partial charge in [0, 0.05) is 18.7 Å². The first kappa shape index (κ1) is 22.0. The van der Waals surface area contributed by atoms with Crippen molar-refractivity contribution in [1.29, 1.82) is 0 Å². The minimum Gasteiger partial charge on any atom is -0.496 e. The molecule has 9 nitrogen and oxygen atoms in total. The van der Waals surface area contributed by atoms with Crippen LogP contribution in [-0.4, -0.2) is 51.4 Å². The molecule has 3 heterocycles. The molecule has 3 aromatic rings. The van der Waals surface area contributed by atoms with Crippen LogP contribution in [-0.2, 0) is 13.1 Å². The number of anilines is 2. The molecule has 0 unspecified atom stereocenters. The Morgan fingerprint density at radius 3 is 2.75 bits per heavy atom. The monoisotopic (exact) mass is 437 g/mol. The van der Waals surface area contributed by atoms with Crippen LogP contribution in [0, 0.1) is 0 Å². The number of nitrogen functional groups attached to an aromatic ring is 1. The van der Waals surface area contributed by atoms with E-state index in [1.54, 1.807) is 13.3 Å². The van der Waals surface area contributed by atoms with Gasteiger partial charge in [-0.2, -0.15) is 10.1 Å². The Morgan fingerprint density at radius 1 is 1.19 bits per heavy atom. The molecule has 0 aliphatic carbocycles. The number of unbranched alkanes of at least 4 members (excludes halogenated alkanes) is 1. The fraction of sp³-hybridized carbons (Fsp3) is 0.478. The van der Waals surface area contributed by atoms with Gasteiger partial charge in [0.2, 0.25) is 5.95 Å².